The summed E-state index contributed by atoms with van der Waals surface area (Å²) in [4.78, 5) is 0. The van der Waals surface area contributed by atoms with Gasteiger partial charge in [-0.3, -0.25) is 0 Å². The third-order valence-electron chi connectivity index (χ3n) is 1.51. The first kappa shape index (κ1) is 7.68. The summed E-state index contributed by atoms with van der Waals surface area (Å²) in [5, 5.41) is 26.7. The average molecular weight is 146 g/mol. The number of ether oxygens (including phenoxy) is 1. The molecule has 0 aromatic carbocycles. The van der Waals surface area contributed by atoms with Crippen LogP contribution in [0.1, 0.15) is 0 Å². The monoisotopic (exact) mass is 146 g/mol. The molecule has 0 aliphatic carbocycles. The summed E-state index contributed by atoms with van der Waals surface area (Å²) in [7, 11) is 0. The number of aliphatic hydroxyl groups is 3. The Kier molecular flexibility index (Phi) is 2.05. The van der Waals surface area contributed by atoms with E-state index in [0.29, 0.717) is 0 Å². The van der Waals surface area contributed by atoms with Crippen LogP contribution in [0.25, 0.3) is 0 Å². The Morgan fingerprint density at radius 3 is 2.00 bits per heavy atom. The largest absolute Gasteiger partial charge is 0.387 e. The molecule has 1 fully saturated rings. The first-order chi connectivity index (χ1) is 4.66. The molecule has 0 saturated carbocycles. The van der Waals surface area contributed by atoms with Gasteiger partial charge in [-0.2, -0.15) is 0 Å². The van der Waals surface area contributed by atoms with Crippen molar-refractivity contribution in [3.8, 4) is 0 Å². The minimum atomic E-state index is -1.29. The highest BCUT2D eigenvalue weighted by Crippen LogP contribution is 2.19. The van der Waals surface area contributed by atoms with Crippen LogP contribution in [0.3, 0.4) is 0 Å². The van der Waals surface area contributed by atoms with Gasteiger partial charge in [0, 0.05) is 0 Å². The number of hydrogen-bond acceptors (Lipinski definition) is 4. The Balaban J connectivity index is 2.61. The average Bonchev–Trinajstić information content (AvgIpc) is 2.17. The summed E-state index contributed by atoms with van der Waals surface area (Å²) >= 11 is 0. The minimum Gasteiger partial charge on any atom is -0.387 e. The van der Waals surface area contributed by atoms with Crippen molar-refractivity contribution in [3.05, 3.63) is 12.7 Å². The highest BCUT2D eigenvalue weighted by atomic mass is 16.6. The van der Waals surface area contributed by atoms with Gasteiger partial charge in [-0.15, -0.1) is 6.58 Å². The van der Waals surface area contributed by atoms with Crippen LogP contribution < -0.4 is 0 Å². The third-order valence-corrected chi connectivity index (χ3v) is 1.51. The van der Waals surface area contributed by atoms with Gasteiger partial charge < -0.3 is 20.1 Å². The molecule has 0 amide bonds. The van der Waals surface area contributed by atoms with Crippen LogP contribution in [0.2, 0.25) is 0 Å². The topological polar surface area (TPSA) is 69.9 Å². The highest BCUT2D eigenvalue weighted by Gasteiger charge is 2.39. The van der Waals surface area contributed by atoms with Crippen LogP contribution in [0.15, 0.2) is 12.7 Å². The van der Waals surface area contributed by atoms with Gasteiger partial charge in [0.15, 0.2) is 6.29 Å². The Morgan fingerprint density at radius 2 is 1.80 bits per heavy atom. The zero-order valence-electron chi connectivity index (χ0n) is 5.34. The van der Waals surface area contributed by atoms with Crippen LogP contribution in [-0.2, 0) is 4.74 Å². The molecule has 4 unspecified atom stereocenters. The fourth-order valence-corrected chi connectivity index (χ4v) is 0.880. The van der Waals surface area contributed by atoms with E-state index < -0.39 is 24.6 Å². The van der Waals surface area contributed by atoms with Gasteiger partial charge in [0.05, 0.1) is 0 Å². The molecule has 1 rings (SSSR count). The van der Waals surface area contributed by atoms with E-state index in [0.717, 1.165) is 0 Å². The number of aliphatic hydroxyl groups excluding tert-OH is 3. The lowest BCUT2D eigenvalue weighted by atomic mass is 10.1. The first-order valence-electron chi connectivity index (χ1n) is 2.99. The van der Waals surface area contributed by atoms with Crippen LogP contribution in [0.4, 0.5) is 0 Å². The highest BCUT2D eigenvalue weighted by molar-refractivity contribution is 4.95. The Labute approximate surface area is 58.4 Å². The quantitative estimate of drug-likeness (QED) is 0.398. The van der Waals surface area contributed by atoms with Gasteiger partial charge in [0.2, 0.25) is 0 Å². The van der Waals surface area contributed by atoms with Crippen molar-refractivity contribution in [2.75, 3.05) is 0 Å². The maximum atomic E-state index is 9.02. The van der Waals surface area contributed by atoms with E-state index in [1.54, 1.807) is 0 Å². The van der Waals surface area contributed by atoms with Crippen molar-refractivity contribution in [1.82, 2.24) is 0 Å². The van der Waals surface area contributed by atoms with Crippen LogP contribution in [0.5, 0.6) is 0 Å². The predicted octanol–water partition coefficient (Wildman–Crippen LogP) is -1.39. The standard InChI is InChI=1S/C6H10O4/c1-2-3-4(7)5(8)6(9)10-3/h2-9H,1H2. The van der Waals surface area contributed by atoms with Crippen LogP contribution in [0, 0.1) is 0 Å². The van der Waals surface area contributed by atoms with E-state index >= 15 is 0 Å². The van der Waals surface area contributed by atoms with E-state index in [1.165, 1.54) is 6.08 Å². The Hall–Kier alpha value is -0.420. The lowest BCUT2D eigenvalue weighted by Gasteiger charge is -2.08. The molecule has 0 aromatic rings. The van der Waals surface area contributed by atoms with E-state index in [4.69, 9.17) is 15.3 Å². The molecule has 58 valence electrons. The lowest BCUT2D eigenvalue weighted by molar-refractivity contribution is -0.120. The van der Waals surface area contributed by atoms with Gasteiger partial charge in [0.1, 0.15) is 18.3 Å². The summed E-state index contributed by atoms with van der Waals surface area (Å²) in [6.45, 7) is 3.35. The van der Waals surface area contributed by atoms with Gasteiger partial charge >= 0.3 is 0 Å². The molecule has 3 N–H and O–H groups in total. The maximum absolute atomic E-state index is 9.02. The molecule has 10 heavy (non-hydrogen) atoms. The van der Waals surface area contributed by atoms with Crippen LogP contribution >= 0.6 is 0 Å². The summed E-state index contributed by atoms with van der Waals surface area (Å²) in [5.74, 6) is 0. The van der Waals surface area contributed by atoms with Crippen molar-refractivity contribution in [2.45, 2.75) is 24.6 Å². The smallest absolute Gasteiger partial charge is 0.184 e. The number of hydrogen-bond donors (Lipinski definition) is 3. The molecule has 4 nitrogen and oxygen atoms in total. The molecule has 0 bridgehead atoms. The molecular formula is C6H10O4. The molecule has 4 atom stereocenters. The fourth-order valence-electron chi connectivity index (χ4n) is 0.880. The van der Waals surface area contributed by atoms with Gasteiger partial charge in [-0.25, -0.2) is 0 Å². The summed E-state index contributed by atoms with van der Waals surface area (Å²) < 4.78 is 4.67. The van der Waals surface area contributed by atoms with Crippen molar-refractivity contribution in [2.24, 2.45) is 0 Å². The SMILES string of the molecule is C=CC1OC(O)C(O)C1O. The molecule has 4 heteroatoms. The molecule has 0 radical (unpaired) electrons. The van der Waals surface area contributed by atoms with Crippen molar-refractivity contribution >= 4 is 0 Å². The van der Waals surface area contributed by atoms with E-state index in [2.05, 4.69) is 11.3 Å². The zero-order chi connectivity index (χ0) is 7.72. The van der Waals surface area contributed by atoms with Gasteiger partial charge in [-0.05, 0) is 0 Å². The molecule has 0 spiro atoms. The zero-order valence-corrected chi connectivity index (χ0v) is 5.34. The van der Waals surface area contributed by atoms with E-state index in [-0.39, 0.29) is 0 Å². The fraction of sp³-hybridized carbons (Fsp3) is 0.667. The number of rotatable bonds is 1. The molecular weight excluding hydrogens is 136 g/mol. The molecule has 1 saturated heterocycles. The van der Waals surface area contributed by atoms with E-state index in [9.17, 15) is 0 Å². The summed E-state index contributed by atoms with van der Waals surface area (Å²) in [5.41, 5.74) is 0. The molecule has 1 aliphatic rings. The molecule has 1 aliphatic heterocycles. The van der Waals surface area contributed by atoms with Crippen LogP contribution in [-0.4, -0.2) is 39.9 Å². The second kappa shape index (κ2) is 2.67. The third kappa shape index (κ3) is 1.06. The van der Waals surface area contributed by atoms with Gasteiger partial charge in [-0.1, -0.05) is 6.08 Å². The minimum absolute atomic E-state index is 0.662. The second-order valence-electron chi connectivity index (χ2n) is 2.21. The van der Waals surface area contributed by atoms with Gasteiger partial charge in [0.25, 0.3) is 0 Å². The second-order valence-corrected chi connectivity index (χ2v) is 2.21. The van der Waals surface area contributed by atoms with E-state index in [1.807, 2.05) is 0 Å². The summed E-state index contributed by atoms with van der Waals surface area (Å²) in [6.07, 6.45) is -2.90. The van der Waals surface area contributed by atoms with Crippen molar-refractivity contribution in [3.63, 3.8) is 0 Å². The summed E-state index contributed by atoms with van der Waals surface area (Å²) in [6, 6.07) is 0. The predicted molar refractivity (Wildman–Crippen MR) is 33.1 cm³/mol. The maximum Gasteiger partial charge on any atom is 0.184 e. The molecule has 1 heterocycles. The Morgan fingerprint density at radius 1 is 1.20 bits per heavy atom. The lowest BCUT2D eigenvalue weighted by Crippen LogP contribution is -2.31. The molecule has 0 aromatic heterocycles. The van der Waals surface area contributed by atoms with Crippen molar-refractivity contribution in [1.29, 1.82) is 0 Å². The normalized spacial score (nSPS) is 47.5. The first-order valence-corrected chi connectivity index (χ1v) is 2.99. The van der Waals surface area contributed by atoms with Crippen molar-refractivity contribution < 1.29 is 20.1 Å². The Bertz CT molecular complexity index is 136.